The number of carbonyl (C=O) groups excluding carboxylic acids is 2. The van der Waals surface area contributed by atoms with E-state index in [1.165, 1.54) is 0 Å². The number of morpholine rings is 1. The summed E-state index contributed by atoms with van der Waals surface area (Å²) in [6.07, 6.45) is 0. The number of fused-ring (bicyclic) bond motifs is 6. The van der Waals surface area contributed by atoms with Gasteiger partial charge in [0.05, 0.1) is 25.8 Å². The normalized spacial score (nSPS) is 21.4. The monoisotopic (exact) mass is 519 g/mol. The second-order valence-corrected chi connectivity index (χ2v) is 10.3. The van der Waals surface area contributed by atoms with Crippen molar-refractivity contribution in [2.24, 2.45) is 0 Å². The van der Waals surface area contributed by atoms with Crippen LogP contribution in [0.2, 0.25) is 0 Å². The maximum Gasteiger partial charge on any atom is 0.274 e. The van der Waals surface area contributed by atoms with Gasteiger partial charge in [-0.05, 0) is 41.5 Å². The summed E-state index contributed by atoms with van der Waals surface area (Å²) in [6.45, 7) is 7.56. The molecule has 2 atom stereocenters. The van der Waals surface area contributed by atoms with E-state index in [0.717, 1.165) is 79.4 Å². The first-order valence-corrected chi connectivity index (χ1v) is 13.1. The Kier molecular flexibility index (Phi) is 6.79. The molecule has 6 rings (SSSR count). The van der Waals surface area contributed by atoms with Crippen molar-refractivity contribution in [2.45, 2.75) is 19.0 Å². The van der Waals surface area contributed by atoms with Crippen LogP contribution in [0.3, 0.4) is 0 Å². The van der Waals surface area contributed by atoms with E-state index in [9.17, 15) is 9.59 Å². The van der Waals surface area contributed by atoms with Crippen LogP contribution in [0.4, 0.5) is 0 Å². The van der Waals surface area contributed by atoms with Crippen LogP contribution in [0.15, 0.2) is 42.5 Å². The number of nitrogens with zero attached hydrogens (tertiary/aromatic N) is 4. The predicted molar refractivity (Wildman–Crippen MR) is 140 cm³/mol. The van der Waals surface area contributed by atoms with Gasteiger partial charge in [-0.2, -0.15) is 0 Å². The van der Waals surface area contributed by atoms with Crippen LogP contribution < -0.4 is 10.2 Å². The fraction of sp³-hybridized carbons (Fsp3) is 0.429. The second-order valence-electron chi connectivity index (χ2n) is 10.3. The van der Waals surface area contributed by atoms with E-state index >= 15 is 0 Å². The second kappa shape index (κ2) is 10.4. The fourth-order valence-corrected chi connectivity index (χ4v) is 5.94. The lowest BCUT2D eigenvalue weighted by molar-refractivity contribution is -0.139. The van der Waals surface area contributed by atoms with E-state index in [1.807, 2.05) is 30.1 Å². The SMILES string of the molecule is CN1CN2Cc3c(c4cc(OCCN5CCOCC5)ccc4n3Cc3ccc(C(=O)NO)cc3)[C@H](C2)C1=O. The molecule has 3 aliphatic heterocycles. The zero-order valence-electron chi connectivity index (χ0n) is 21.6. The highest BCUT2D eigenvalue weighted by Crippen LogP contribution is 2.41. The summed E-state index contributed by atoms with van der Waals surface area (Å²) in [6, 6.07) is 13.4. The maximum absolute atomic E-state index is 13.3. The third-order valence-electron chi connectivity index (χ3n) is 7.87. The number of likely N-dealkylation sites (N-methyl/N-ethyl adjacent to an activating group) is 1. The molecule has 0 radical (unpaired) electrons. The molecular formula is C28H33N5O5. The van der Waals surface area contributed by atoms with Crippen molar-refractivity contribution >= 4 is 22.7 Å². The van der Waals surface area contributed by atoms with Crippen molar-refractivity contribution < 1.29 is 24.3 Å². The third kappa shape index (κ3) is 4.64. The molecule has 200 valence electrons. The minimum Gasteiger partial charge on any atom is -0.492 e. The number of hydrogen-bond acceptors (Lipinski definition) is 7. The number of amides is 2. The van der Waals surface area contributed by atoms with Crippen molar-refractivity contribution in [3.8, 4) is 5.75 Å². The Bertz CT molecular complexity index is 1350. The van der Waals surface area contributed by atoms with Crippen LogP contribution in [0, 0.1) is 0 Å². The molecule has 2 fully saturated rings. The Hall–Kier alpha value is -3.44. The van der Waals surface area contributed by atoms with Crippen LogP contribution in [0.5, 0.6) is 5.75 Å². The van der Waals surface area contributed by atoms with Gasteiger partial charge in [0.1, 0.15) is 12.4 Å². The molecule has 2 saturated heterocycles. The number of ether oxygens (including phenoxy) is 2. The molecule has 3 aliphatic rings. The van der Waals surface area contributed by atoms with Crippen LogP contribution >= 0.6 is 0 Å². The summed E-state index contributed by atoms with van der Waals surface area (Å²) in [4.78, 5) is 31.5. The summed E-state index contributed by atoms with van der Waals surface area (Å²) in [5, 5.41) is 9.98. The number of hydroxylamine groups is 1. The smallest absolute Gasteiger partial charge is 0.274 e. The van der Waals surface area contributed by atoms with E-state index in [1.54, 1.807) is 17.6 Å². The first-order valence-electron chi connectivity index (χ1n) is 13.1. The summed E-state index contributed by atoms with van der Waals surface area (Å²) in [5.74, 6) is 0.216. The third-order valence-corrected chi connectivity index (χ3v) is 7.87. The lowest BCUT2D eigenvalue weighted by Crippen LogP contribution is -2.52. The molecule has 1 unspecified atom stereocenters. The standard InChI is InChI=1S/C28H33N5O5/c1-30-18-32-16-23(28(30)35)26-22-14-21(38-13-10-31-8-11-37-12-9-31)6-7-24(22)33(25(26)17-32)15-19-2-4-20(5-3-19)27(34)29-36/h2-7,14,23,36H,8-13,15-18H2,1H3,(H,29,34)/t23-/m0/s1. The Morgan fingerprint density at radius 1 is 1.16 bits per heavy atom. The topological polar surface area (TPSA) is 99.5 Å². The lowest BCUT2D eigenvalue weighted by atomic mass is 9.89. The van der Waals surface area contributed by atoms with E-state index in [2.05, 4.69) is 26.5 Å². The zero-order chi connectivity index (χ0) is 26.2. The van der Waals surface area contributed by atoms with E-state index in [-0.39, 0.29) is 11.8 Å². The summed E-state index contributed by atoms with van der Waals surface area (Å²) in [7, 11) is 1.87. The molecule has 2 aromatic carbocycles. The van der Waals surface area contributed by atoms with Crippen LogP contribution in [0.25, 0.3) is 10.9 Å². The van der Waals surface area contributed by atoms with Crippen molar-refractivity contribution in [3.63, 3.8) is 0 Å². The van der Waals surface area contributed by atoms with Gasteiger partial charge in [0.2, 0.25) is 5.91 Å². The molecule has 38 heavy (non-hydrogen) atoms. The van der Waals surface area contributed by atoms with E-state index in [0.29, 0.717) is 25.4 Å². The van der Waals surface area contributed by atoms with Gasteiger partial charge in [-0.1, -0.05) is 12.1 Å². The van der Waals surface area contributed by atoms with Gasteiger partial charge in [-0.15, -0.1) is 0 Å². The molecule has 4 heterocycles. The van der Waals surface area contributed by atoms with Gasteiger partial charge in [-0.3, -0.25) is 24.6 Å². The molecule has 2 amide bonds. The molecular weight excluding hydrogens is 486 g/mol. The molecule has 0 aliphatic carbocycles. The van der Waals surface area contributed by atoms with Crippen LogP contribution in [0.1, 0.15) is 33.1 Å². The Labute approximate surface area is 221 Å². The van der Waals surface area contributed by atoms with E-state index in [4.69, 9.17) is 14.7 Å². The number of carbonyl (C=O) groups is 2. The minimum absolute atomic E-state index is 0.152. The summed E-state index contributed by atoms with van der Waals surface area (Å²) in [5.41, 5.74) is 6.41. The minimum atomic E-state index is -0.537. The lowest BCUT2D eigenvalue weighted by Gasteiger charge is -2.42. The average Bonchev–Trinajstić information content (AvgIpc) is 3.24. The fourth-order valence-electron chi connectivity index (χ4n) is 5.94. The number of benzene rings is 2. The highest BCUT2D eigenvalue weighted by Gasteiger charge is 2.40. The van der Waals surface area contributed by atoms with Crippen molar-refractivity contribution in [2.75, 3.05) is 59.7 Å². The van der Waals surface area contributed by atoms with Crippen molar-refractivity contribution in [1.82, 2.24) is 24.7 Å². The summed E-state index contributed by atoms with van der Waals surface area (Å²) < 4.78 is 13.9. The number of rotatable bonds is 7. The summed E-state index contributed by atoms with van der Waals surface area (Å²) >= 11 is 0. The Morgan fingerprint density at radius 3 is 2.71 bits per heavy atom. The molecule has 10 nitrogen and oxygen atoms in total. The molecule has 2 bridgehead atoms. The first-order chi connectivity index (χ1) is 18.5. The van der Waals surface area contributed by atoms with Gasteiger partial charge >= 0.3 is 0 Å². The van der Waals surface area contributed by atoms with Gasteiger partial charge in [0, 0.05) is 68.5 Å². The largest absolute Gasteiger partial charge is 0.492 e. The quantitative estimate of drug-likeness (QED) is 0.363. The Balaban J connectivity index is 1.33. The maximum atomic E-state index is 13.3. The van der Waals surface area contributed by atoms with Gasteiger partial charge in [-0.25, -0.2) is 5.48 Å². The highest BCUT2D eigenvalue weighted by molar-refractivity contribution is 5.95. The predicted octanol–water partition coefficient (Wildman–Crippen LogP) is 1.85. The van der Waals surface area contributed by atoms with Gasteiger partial charge in [0.15, 0.2) is 0 Å². The molecule has 2 N–H and O–H groups in total. The molecule has 0 saturated carbocycles. The van der Waals surface area contributed by atoms with Crippen molar-refractivity contribution in [1.29, 1.82) is 0 Å². The average molecular weight is 520 g/mol. The molecule has 1 aromatic heterocycles. The first kappa shape index (κ1) is 24.9. The number of nitrogens with one attached hydrogen (secondary N) is 1. The van der Waals surface area contributed by atoms with Crippen molar-refractivity contribution in [3.05, 3.63) is 64.8 Å². The molecule has 10 heteroatoms. The molecule has 3 aromatic rings. The van der Waals surface area contributed by atoms with Crippen LogP contribution in [-0.2, 0) is 22.6 Å². The van der Waals surface area contributed by atoms with Gasteiger partial charge in [0.25, 0.3) is 5.91 Å². The number of hydrogen-bond donors (Lipinski definition) is 2. The highest BCUT2D eigenvalue weighted by atomic mass is 16.5. The van der Waals surface area contributed by atoms with E-state index < -0.39 is 5.91 Å². The number of aromatic nitrogens is 1. The zero-order valence-corrected chi connectivity index (χ0v) is 21.6. The van der Waals surface area contributed by atoms with Gasteiger partial charge < -0.3 is 18.9 Å². The Morgan fingerprint density at radius 2 is 1.95 bits per heavy atom. The molecule has 0 spiro atoms. The van der Waals surface area contributed by atoms with Crippen LogP contribution in [-0.4, -0.2) is 96.0 Å².